The molecule has 1 N–H and O–H groups in total. The highest BCUT2D eigenvalue weighted by molar-refractivity contribution is 5.89. The van der Waals surface area contributed by atoms with Gasteiger partial charge in [0.1, 0.15) is 0 Å². The van der Waals surface area contributed by atoms with Gasteiger partial charge in [-0.3, -0.25) is 0 Å². The van der Waals surface area contributed by atoms with E-state index in [9.17, 15) is 4.79 Å². The number of aromatic carboxylic acids is 1. The fourth-order valence-corrected chi connectivity index (χ4v) is 1.65. The molecule has 86 valence electrons. The summed E-state index contributed by atoms with van der Waals surface area (Å²) >= 11 is 0. The molecule has 0 fully saturated rings. The van der Waals surface area contributed by atoms with Gasteiger partial charge < -0.3 is 10.0 Å². The van der Waals surface area contributed by atoms with Gasteiger partial charge in [-0.15, -0.1) is 0 Å². The number of anilines is 2. The summed E-state index contributed by atoms with van der Waals surface area (Å²) in [5.74, 6) is -0.909. The van der Waals surface area contributed by atoms with Crippen molar-refractivity contribution < 1.29 is 9.90 Å². The molecule has 0 heterocycles. The van der Waals surface area contributed by atoms with Gasteiger partial charge in [-0.1, -0.05) is 24.3 Å². The third kappa shape index (κ3) is 2.45. The van der Waals surface area contributed by atoms with E-state index in [1.54, 1.807) is 18.2 Å². The van der Waals surface area contributed by atoms with Crippen molar-refractivity contribution in [2.75, 3.05) is 11.9 Å². The molecule has 2 rings (SSSR count). The highest BCUT2D eigenvalue weighted by atomic mass is 16.4. The second-order valence-electron chi connectivity index (χ2n) is 3.75. The Balaban J connectivity index is 2.34. The van der Waals surface area contributed by atoms with Crippen LogP contribution in [0.1, 0.15) is 10.4 Å². The Morgan fingerprint density at radius 3 is 2.29 bits per heavy atom. The van der Waals surface area contributed by atoms with Crippen LogP contribution in [0.5, 0.6) is 0 Å². The second-order valence-corrected chi connectivity index (χ2v) is 3.75. The van der Waals surface area contributed by atoms with E-state index >= 15 is 0 Å². The third-order valence-electron chi connectivity index (χ3n) is 2.62. The normalized spacial score (nSPS) is 9.94. The molecule has 0 bridgehead atoms. The van der Waals surface area contributed by atoms with E-state index in [0.717, 1.165) is 11.4 Å². The van der Waals surface area contributed by atoms with Crippen LogP contribution in [0.3, 0.4) is 0 Å². The minimum absolute atomic E-state index is 0.297. The topological polar surface area (TPSA) is 40.5 Å². The standard InChI is InChI=1S/C14H13NO2/c1-15(12-7-3-2-4-8-12)13-9-5-6-11(10-13)14(16)17/h2-10H,1H3,(H,16,17). The van der Waals surface area contributed by atoms with Gasteiger partial charge >= 0.3 is 5.97 Å². The number of hydrogen-bond acceptors (Lipinski definition) is 2. The van der Waals surface area contributed by atoms with E-state index < -0.39 is 5.97 Å². The average Bonchev–Trinajstić information content (AvgIpc) is 2.39. The zero-order chi connectivity index (χ0) is 12.3. The molecule has 0 aliphatic rings. The van der Waals surface area contributed by atoms with Gasteiger partial charge in [0.05, 0.1) is 5.56 Å². The highest BCUT2D eigenvalue weighted by Gasteiger charge is 2.07. The lowest BCUT2D eigenvalue weighted by molar-refractivity contribution is 0.0697. The molecular formula is C14H13NO2. The van der Waals surface area contributed by atoms with Crippen LogP contribution in [-0.4, -0.2) is 18.1 Å². The van der Waals surface area contributed by atoms with Crippen molar-refractivity contribution in [1.82, 2.24) is 0 Å². The van der Waals surface area contributed by atoms with Crippen molar-refractivity contribution in [3.8, 4) is 0 Å². The summed E-state index contributed by atoms with van der Waals surface area (Å²) in [6.07, 6.45) is 0. The van der Waals surface area contributed by atoms with Crippen molar-refractivity contribution in [1.29, 1.82) is 0 Å². The lowest BCUT2D eigenvalue weighted by atomic mass is 10.2. The first-order valence-electron chi connectivity index (χ1n) is 5.30. The van der Waals surface area contributed by atoms with Crippen LogP contribution in [0, 0.1) is 0 Å². The number of carbonyl (C=O) groups is 1. The maximum Gasteiger partial charge on any atom is 0.335 e. The Bertz CT molecular complexity index is 523. The molecule has 0 unspecified atom stereocenters. The summed E-state index contributed by atoms with van der Waals surface area (Å²) in [5, 5.41) is 8.94. The molecule has 0 aliphatic carbocycles. The quantitative estimate of drug-likeness (QED) is 0.875. The van der Waals surface area contributed by atoms with Crippen LogP contribution in [-0.2, 0) is 0 Å². The summed E-state index contributed by atoms with van der Waals surface area (Å²) in [7, 11) is 1.91. The molecule has 3 heteroatoms. The highest BCUT2D eigenvalue weighted by Crippen LogP contribution is 2.23. The molecule has 0 atom stereocenters. The zero-order valence-corrected chi connectivity index (χ0v) is 9.50. The van der Waals surface area contributed by atoms with E-state index in [4.69, 9.17) is 5.11 Å². The van der Waals surface area contributed by atoms with E-state index in [-0.39, 0.29) is 0 Å². The smallest absolute Gasteiger partial charge is 0.335 e. The van der Waals surface area contributed by atoms with Crippen LogP contribution in [0.2, 0.25) is 0 Å². The van der Waals surface area contributed by atoms with Crippen LogP contribution in [0.25, 0.3) is 0 Å². The van der Waals surface area contributed by atoms with E-state index in [2.05, 4.69) is 0 Å². The van der Waals surface area contributed by atoms with E-state index in [1.165, 1.54) is 0 Å². The fourth-order valence-electron chi connectivity index (χ4n) is 1.65. The number of para-hydroxylation sites is 1. The molecule has 2 aromatic carbocycles. The predicted octanol–water partition coefficient (Wildman–Crippen LogP) is 3.15. The molecule has 0 spiro atoms. The molecule has 17 heavy (non-hydrogen) atoms. The Labute approximate surface area is 99.9 Å². The molecule has 0 saturated carbocycles. The predicted molar refractivity (Wildman–Crippen MR) is 67.9 cm³/mol. The maximum absolute atomic E-state index is 10.9. The van der Waals surface area contributed by atoms with Crippen molar-refractivity contribution in [3.05, 3.63) is 60.2 Å². The summed E-state index contributed by atoms with van der Waals surface area (Å²) in [6.45, 7) is 0. The Kier molecular flexibility index (Phi) is 3.10. The number of carboxylic acids is 1. The summed E-state index contributed by atoms with van der Waals surface area (Å²) in [4.78, 5) is 12.8. The average molecular weight is 227 g/mol. The number of carboxylic acid groups (broad SMARTS) is 1. The number of rotatable bonds is 3. The molecule has 0 aromatic heterocycles. The molecule has 0 saturated heterocycles. The summed E-state index contributed by atoms with van der Waals surface area (Å²) in [6, 6.07) is 16.7. The largest absolute Gasteiger partial charge is 0.478 e. The van der Waals surface area contributed by atoms with Gasteiger partial charge in [0.25, 0.3) is 0 Å². The summed E-state index contributed by atoms with van der Waals surface area (Å²) < 4.78 is 0. The minimum Gasteiger partial charge on any atom is -0.478 e. The molecule has 2 aromatic rings. The van der Waals surface area contributed by atoms with Crippen LogP contribution >= 0.6 is 0 Å². The first-order chi connectivity index (χ1) is 8.18. The SMILES string of the molecule is CN(c1ccccc1)c1cccc(C(=O)O)c1. The van der Waals surface area contributed by atoms with Gasteiger partial charge in [0.15, 0.2) is 0 Å². The number of hydrogen-bond donors (Lipinski definition) is 1. The lowest BCUT2D eigenvalue weighted by Crippen LogP contribution is -2.10. The van der Waals surface area contributed by atoms with Gasteiger partial charge in [-0.25, -0.2) is 4.79 Å². The number of benzene rings is 2. The zero-order valence-electron chi connectivity index (χ0n) is 9.50. The molecule has 3 nitrogen and oxygen atoms in total. The fraction of sp³-hybridized carbons (Fsp3) is 0.0714. The van der Waals surface area contributed by atoms with Gasteiger partial charge in [0.2, 0.25) is 0 Å². The van der Waals surface area contributed by atoms with Crippen LogP contribution < -0.4 is 4.90 Å². The lowest BCUT2D eigenvalue weighted by Gasteiger charge is -2.19. The third-order valence-corrected chi connectivity index (χ3v) is 2.62. The van der Waals surface area contributed by atoms with E-state index in [1.807, 2.05) is 48.3 Å². The Hall–Kier alpha value is -2.29. The van der Waals surface area contributed by atoms with Crippen molar-refractivity contribution in [2.45, 2.75) is 0 Å². The van der Waals surface area contributed by atoms with Gasteiger partial charge in [-0.05, 0) is 30.3 Å². The molecular weight excluding hydrogens is 214 g/mol. The molecule has 0 amide bonds. The van der Waals surface area contributed by atoms with Crippen LogP contribution in [0.15, 0.2) is 54.6 Å². The van der Waals surface area contributed by atoms with Gasteiger partial charge in [-0.2, -0.15) is 0 Å². The van der Waals surface area contributed by atoms with Crippen molar-refractivity contribution >= 4 is 17.3 Å². The Morgan fingerprint density at radius 1 is 1.00 bits per heavy atom. The van der Waals surface area contributed by atoms with Gasteiger partial charge in [0, 0.05) is 18.4 Å². The first kappa shape index (κ1) is 11.2. The Morgan fingerprint density at radius 2 is 1.65 bits per heavy atom. The number of nitrogens with zero attached hydrogens (tertiary/aromatic N) is 1. The monoisotopic (exact) mass is 227 g/mol. The van der Waals surface area contributed by atoms with E-state index in [0.29, 0.717) is 5.56 Å². The molecule has 0 radical (unpaired) electrons. The minimum atomic E-state index is -0.909. The van der Waals surface area contributed by atoms with Crippen LogP contribution in [0.4, 0.5) is 11.4 Å². The molecule has 0 aliphatic heterocycles. The maximum atomic E-state index is 10.9. The van der Waals surface area contributed by atoms with Crippen molar-refractivity contribution in [3.63, 3.8) is 0 Å². The van der Waals surface area contributed by atoms with Crippen molar-refractivity contribution in [2.24, 2.45) is 0 Å². The first-order valence-corrected chi connectivity index (χ1v) is 5.30. The second kappa shape index (κ2) is 4.70. The summed E-state index contributed by atoms with van der Waals surface area (Å²) in [5.41, 5.74) is 2.18.